The Morgan fingerprint density at radius 2 is 1.74 bits per heavy atom. The minimum Gasteiger partial charge on any atom is -0.473 e. The normalized spacial score (nSPS) is 15.6. The zero-order valence-corrected chi connectivity index (χ0v) is 23.7. The molecular formula is C31H38N4O2Si. The van der Waals surface area contributed by atoms with E-state index in [1.807, 2.05) is 36.5 Å². The summed E-state index contributed by atoms with van der Waals surface area (Å²) in [5, 5.41) is 3.60. The molecule has 0 spiro atoms. The Hall–Kier alpha value is -3.26. The average Bonchev–Trinajstić information content (AvgIpc) is 3.61. The van der Waals surface area contributed by atoms with Crippen LogP contribution in [0.15, 0.2) is 79.1 Å². The summed E-state index contributed by atoms with van der Waals surface area (Å²) in [6, 6.07) is 24.3. The minimum atomic E-state index is -1.14. The number of pyridine rings is 1. The molecule has 0 saturated carbocycles. The molecule has 0 radical (unpaired) electrons. The minimum absolute atomic E-state index is 0.287. The Labute approximate surface area is 227 Å². The molecule has 0 bridgehead atoms. The zero-order chi connectivity index (χ0) is 26.4. The molecule has 1 aliphatic heterocycles. The van der Waals surface area contributed by atoms with Gasteiger partial charge in [-0.15, -0.1) is 0 Å². The van der Waals surface area contributed by atoms with E-state index in [1.165, 1.54) is 6.42 Å². The van der Waals surface area contributed by atoms with Crippen LogP contribution in [0, 0.1) is 0 Å². The molecule has 1 aliphatic rings. The van der Waals surface area contributed by atoms with Crippen molar-refractivity contribution >= 4 is 8.07 Å². The molecule has 1 saturated heterocycles. The molecule has 0 aliphatic carbocycles. The van der Waals surface area contributed by atoms with Crippen LogP contribution >= 0.6 is 0 Å². The monoisotopic (exact) mass is 526 g/mol. The van der Waals surface area contributed by atoms with E-state index in [0.29, 0.717) is 19.2 Å². The van der Waals surface area contributed by atoms with E-state index >= 15 is 0 Å². The second-order valence-corrected chi connectivity index (χ2v) is 16.8. The summed E-state index contributed by atoms with van der Waals surface area (Å²) < 4.78 is 14.4. The molecule has 198 valence electrons. The van der Waals surface area contributed by atoms with Crippen LogP contribution in [-0.4, -0.2) is 35.8 Å². The van der Waals surface area contributed by atoms with Crippen LogP contribution in [-0.2, 0) is 18.1 Å². The van der Waals surface area contributed by atoms with Crippen LogP contribution in [0.25, 0.3) is 22.4 Å². The lowest BCUT2D eigenvalue weighted by Gasteiger charge is -2.19. The summed E-state index contributed by atoms with van der Waals surface area (Å²) in [5.41, 5.74) is 5.55. The standard InChI is InChI=1S/C31H38N4O2Si/c1-38(2,3)19-18-36-23-35-29(21-34-31(35)28-10-7-16-32-28)26-13-11-25(12-14-26)27-15-17-33-30(20-27)37-22-24-8-5-4-6-9-24/h4-6,8-9,11-15,17,20-21,28,32H,7,10,16,18-19,22-23H2,1-3H3. The summed E-state index contributed by atoms with van der Waals surface area (Å²) >= 11 is 0. The maximum atomic E-state index is 6.19. The van der Waals surface area contributed by atoms with Crippen molar-refractivity contribution in [3.8, 4) is 28.3 Å². The second kappa shape index (κ2) is 12.1. The molecule has 4 aromatic rings. The van der Waals surface area contributed by atoms with Gasteiger partial charge < -0.3 is 19.4 Å². The Kier molecular flexibility index (Phi) is 8.37. The maximum absolute atomic E-state index is 6.19. The number of nitrogens with one attached hydrogen (secondary N) is 1. The molecule has 5 rings (SSSR count). The van der Waals surface area contributed by atoms with Gasteiger partial charge in [0, 0.05) is 26.9 Å². The van der Waals surface area contributed by atoms with Crippen LogP contribution in [0.1, 0.15) is 30.3 Å². The van der Waals surface area contributed by atoms with Gasteiger partial charge in [-0.25, -0.2) is 9.97 Å². The molecule has 2 aromatic heterocycles. The number of rotatable bonds is 11. The van der Waals surface area contributed by atoms with Gasteiger partial charge in [-0.3, -0.25) is 0 Å². The van der Waals surface area contributed by atoms with Gasteiger partial charge in [0.25, 0.3) is 0 Å². The summed E-state index contributed by atoms with van der Waals surface area (Å²) in [5.74, 6) is 1.70. The smallest absolute Gasteiger partial charge is 0.214 e. The first-order valence-corrected chi connectivity index (χ1v) is 17.3. The van der Waals surface area contributed by atoms with Gasteiger partial charge in [-0.2, -0.15) is 0 Å². The molecule has 3 heterocycles. The van der Waals surface area contributed by atoms with Gasteiger partial charge >= 0.3 is 0 Å². The van der Waals surface area contributed by atoms with E-state index in [2.05, 4.69) is 70.9 Å². The highest BCUT2D eigenvalue weighted by atomic mass is 28.3. The zero-order valence-electron chi connectivity index (χ0n) is 22.7. The first kappa shape index (κ1) is 26.3. The fourth-order valence-corrected chi connectivity index (χ4v) is 5.46. The summed E-state index contributed by atoms with van der Waals surface area (Å²) in [4.78, 5) is 9.24. The van der Waals surface area contributed by atoms with Gasteiger partial charge in [0.05, 0.1) is 17.9 Å². The lowest BCUT2D eigenvalue weighted by Crippen LogP contribution is -2.23. The molecule has 1 atom stereocenters. The highest BCUT2D eigenvalue weighted by Gasteiger charge is 2.23. The average molecular weight is 527 g/mol. The molecule has 1 N–H and O–H groups in total. The van der Waals surface area contributed by atoms with E-state index in [0.717, 1.165) is 59.4 Å². The second-order valence-electron chi connectivity index (χ2n) is 11.2. The largest absolute Gasteiger partial charge is 0.473 e. The number of nitrogens with zero attached hydrogens (tertiary/aromatic N) is 3. The van der Waals surface area contributed by atoms with E-state index in [9.17, 15) is 0 Å². The molecule has 2 aromatic carbocycles. The van der Waals surface area contributed by atoms with E-state index < -0.39 is 8.07 Å². The van der Waals surface area contributed by atoms with Crippen molar-refractivity contribution in [1.82, 2.24) is 19.9 Å². The van der Waals surface area contributed by atoms with Crippen molar-refractivity contribution in [2.75, 3.05) is 13.2 Å². The van der Waals surface area contributed by atoms with Crippen molar-refractivity contribution in [1.29, 1.82) is 0 Å². The number of imidazole rings is 1. The van der Waals surface area contributed by atoms with Crippen molar-refractivity contribution in [3.05, 3.63) is 90.5 Å². The Morgan fingerprint density at radius 3 is 2.47 bits per heavy atom. The van der Waals surface area contributed by atoms with Crippen molar-refractivity contribution < 1.29 is 9.47 Å². The number of hydrogen-bond donors (Lipinski definition) is 1. The molecule has 1 unspecified atom stereocenters. The fraction of sp³-hybridized carbons (Fsp3) is 0.355. The van der Waals surface area contributed by atoms with Crippen LogP contribution in [0.5, 0.6) is 5.88 Å². The molecule has 7 heteroatoms. The van der Waals surface area contributed by atoms with Crippen LogP contribution < -0.4 is 10.1 Å². The van der Waals surface area contributed by atoms with Gasteiger partial charge in [0.2, 0.25) is 5.88 Å². The van der Waals surface area contributed by atoms with Gasteiger partial charge in [-0.05, 0) is 53.8 Å². The Morgan fingerprint density at radius 1 is 0.947 bits per heavy atom. The van der Waals surface area contributed by atoms with Crippen molar-refractivity contribution in [2.45, 2.75) is 57.9 Å². The Bertz CT molecular complexity index is 1310. The predicted octanol–water partition coefficient (Wildman–Crippen LogP) is 6.93. The molecular weight excluding hydrogens is 488 g/mol. The lowest BCUT2D eigenvalue weighted by molar-refractivity contribution is 0.0851. The lowest BCUT2D eigenvalue weighted by atomic mass is 10.0. The number of aromatic nitrogens is 3. The topological polar surface area (TPSA) is 61.2 Å². The van der Waals surface area contributed by atoms with Gasteiger partial charge in [-0.1, -0.05) is 74.2 Å². The maximum Gasteiger partial charge on any atom is 0.214 e. The van der Waals surface area contributed by atoms with Crippen molar-refractivity contribution in [3.63, 3.8) is 0 Å². The molecule has 6 nitrogen and oxygen atoms in total. The highest BCUT2D eigenvalue weighted by Crippen LogP contribution is 2.30. The predicted molar refractivity (Wildman–Crippen MR) is 156 cm³/mol. The van der Waals surface area contributed by atoms with E-state index in [-0.39, 0.29) is 6.04 Å². The van der Waals surface area contributed by atoms with Crippen molar-refractivity contribution in [2.24, 2.45) is 0 Å². The third-order valence-corrected chi connectivity index (χ3v) is 8.66. The SMILES string of the molecule is C[Si](C)(C)CCOCn1c(-c2ccc(-c3ccnc(OCc4ccccc4)c3)cc2)cnc1C1CCCN1. The third kappa shape index (κ3) is 6.78. The van der Waals surface area contributed by atoms with Gasteiger partial charge in [0.1, 0.15) is 19.2 Å². The quantitative estimate of drug-likeness (QED) is 0.170. The van der Waals surface area contributed by atoms with Crippen LogP contribution in [0.3, 0.4) is 0 Å². The summed E-state index contributed by atoms with van der Waals surface area (Å²) in [7, 11) is -1.14. The van der Waals surface area contributed by atoms with Crippen LogP contribution in [0.4, 0.5) is 0 Å². The number of hydrogen-bond acceptors (Lipinski definition) is 5. The van der Waals surface area contributed by atoms with Crippen LogP contribution in [0.2, 0.25) is 25.7 Å². The summed E-state index contributed by atoms with van der Waals surface area (Å²) in [6.07, 6.45) is 6.09. The molecule has 1 fully saturated rings. The van der Waals surface area contributed by atoms with E-state index in [4.69, 9.17) is 14.5 Å². The first-order valence-electron chi connectivity index (χ1n) is 13.6. The fourth-order valence-electron chi connectivity index (χ4n) is 4.71. The number of benzene rings is 2. The molecule has 38 heavy (non-hydrogen) atoms. The Balaban J connectivity index is 1.32. The molecule has 0 amide bonds. The number of ether oxygens (including phenoxy) is 2. The highest BCUT2D eigenvalue weighted by molar-refractivity contribution is 6.76. The summed E-state index contributed by atoms with van der Waals surface area (Å²) in [6.45, 7) is 10.0. The first-order chi connectivity index (χ1) is 18.5. The third-order valence-electron chi connectivity index (χ3n) is 6.95. The van der Waals surface area contributed by atoms with E-state index in [1.54, 1.807) is 6.20 Å². The van der Waals surface area contributed by atoms with Gasteiger partial charge in [0.15, 0.2) is 0 Å².